The predicted molar refractivity (Wildman–Crippen MR) is 76.5 cm³/mol. The molecule has 19 heavy (non-hydrogen) atoms. The zero-order valence-corrected chi connectivity index (χ0v) is 10.9. The fraction of sp³-hybridized carbons (Fsp3) is 0.231. The van der Waals surface area contributed by atoms with Crippen LogP contribution in [0, 0.1) is 0 Å². The lowest BCUT2D eigenvalue weighted by Gasteiger charge is -2.10. The topological polar surface area (TPSA) is 76.7 Å². The number of H-pyrrole nitrogens is 1. The van der Waals surface area contributed by atoms with Crippen molar-refractivity contribution in [1.82, 2.24) is 14.8 Å². The number of aromatic nitrogens is 3. The quantitative estimate of drug-likeness (QED) is 0.767. The lowest BCUT2D eigenvalue weighted by molar-refractivity contribution is 0.654. The minimum atomic E-state index is -0.0491. The minimum Gasteiger partial charge on any atom is -0.330 e. The largest absolute Gasteiger partial charge is 0.330 e. The summed E-state index contributed by atoms with van der Waals surface area (Å²) in [4.78, 5) is 12.4. The van der Waals surface area contributed by atoms with E-state index in [2.05, 4.69) is 10.2 Å². The number of aromatic amines is 1. The molecule has 3 N–H and O–H groups in total. The van der Waals surface area contributed by atoms with Crippen molar-refractivity contribution in [2.24, 2.45) is 5.73 Å². The first-order chi connectivity index (χ1) is 9.22. The van der Waals surface area contributed by atoms with E-state index in [4.69, 9.17) is 17.3 Å². The van der Waals surface area contributed by atoms with Gasteiger partial charge in [0.15, 0.2) is 0 Å². The van der Waals surface area contributed by atoms with Crippen LogP contribution in [0.25, 0.3) is 21.8 Å². The van der Waals surface area contributed by atoms with Gasteiger partial charge in [0, 0.05) is 23.2 Å². The summed E-state index contributed by atoms with van der Waals surface area (Å²) in [6.45, 7) is 1.14. The van der Waals surface area contributed by atoms with Crippen LogP contribution >= 0.6 is 11.6 Å². The molecule has 0 saturated heterocycles. The normalized spacial score (nSPS) is 11.5. The number of rotatable bonds is 3. The molecule has 0 unspecified atom stereocenters. The van der Waals surface area contributed by atoms with E-state index >= 15 is 0 Å². The van der Waals surface area contributed by atoms with Crippen LogP contribution in [0.4, 0.5) is 0 Å². The number of hydrogen-bond acceptors (Lipinski definition) is 3. The molecule has 0 radical (unpaired) electrons. The Labute approximate surface area is 114 Å². The lowest BCUT2D eigenvalue weighted by atomic mass is 10.1. The van der Waals surface area contributed by atoms with Gasteiger partial charge < -0.3 is 10.3 Å². The summed E-state index contributed by atoms with van der Waals surface area (Å²) in [5, 5.41) is 8.97. The third-order valence-electron chi connectivity index (χ3n) is 3.21. The number of nitrogens with two attached hydrogens (primary N) is 1. The van der Waals surface area contributed by atoms with Gasteiger partial charge in [-0.15, -0.1) is 0 Å². The van der Waals surface area contributed by atoms with E-state index in [-0.39, 0.29) is 5.56 Å². The second-order valence-corrected chi connectivity index (χ2v) is 4.84. The number of nitrogens with zero attached hydrogens (tertiary/aromatic N) is 2. The Kier molecular flexibility index (Phi) is 3.00. The van der Waals surface area contributed by atoms with Crippen LogP contribution in [0.15, 0.2) is 29.2 Å². The summed E-state index contributed by atoms with van der Waals surface area (Å²) in [5.41, 5.74) is 6.98. The van der Waals surface area contributed by atoms with Crippen LogP contribution in [0.3, 0.4) is 0 Å². The number of halogens is 1. The van der Waals surface area contributed by atoms with E-state index < -0.39 is 0 Å². The summed E-state index contributed by atoms with van der Waals surface area (Å²) in [6, 6.07) is 5.46. The minimum absolute atomic E-state index is 0.0491. The average molecular weight is 277 g/mol. The number of nitrogens with one attached hydrogen (secondary N) is 1. The maximum atomic E-state index is 12.4. The van der Waals surface area contributed by atoms with Gasteiger partial charge in [-0.2, -0.15) is 5.10 Å². The standard InChI is InChI=1S/C13H13ClN4O/c14-8-2-3-11-9(6-8)12-10(7-16-17-12)13(19)18(11)5-1-4-15/h2-3,6-7H,1,4-5,15H2,(H,16,17). The molecule has 0 saturated carbocycles. The molecule has 2 aromatic heterocycles. The fourth-order valence-electron chi connectivity index (χ4n) is 2.32. The van der Waals surface area contributed by atoms with Gasteiger partial charge in [-0.25, -0.2) is 0 Å². The Balaban J connectivity index is 2.43. The molecule has 2 heterocycles. The van der Waals surface area contributed by atoms with Crippen molar-refractivity contribution in [3.63, 3.8) is 0 Å². The number of benzene rings is 1. The van der Waals surface area contributed by atoms with E-state index in [1.54, 1.807) is 16.8 Å². The zero-order valence-electron chi connectivity index (χ0n) is 10.2. The molecule has 0 spiro atoms. The number of aryl methyl sites for hydroxylation is 1. The highest BCUT2D eigenvalue weighted by Crippen LogP contribution is 2.24. The molecule has 98 valence electrons. The first kappa shape index (κ1) is 12.2. The smallest absolute Gasteiger partial charge is 0.262 e. The second-order valence-electron chi connectivity index (χ2n) is 4.41. The van der Waals surface area contributed by atoms with Gasteiger partial charge in [0.25, 0.3) is 5.56 Å². The molecule has 0 aliphatic rings. The number of pyridine rings is 1. The highest BCUT2D eigenvalue weighted by molar-refractivity contribution is 6.31. The fourth-order valence-corrected chi connectivity index (χ4v) is 2.49. The monoisotopic (exact) mass is 276 g/mol. The van der Waals surface area contributed by atoms with Crippen LogP contribution in [-0.4, -0.2) is 21.3 Å². The van der Waals surface area contributed by atoms with Crippen molar-refractivity contribution < 1.29 is 0 Å². The molecule has 0 aliphatic heterocycles. The second kappa shape index (κ2) is 4.68. The van der Waals surface area contributed by atoms with Crippen LogP contribution in [0.5, 0.6) is 0 Å². The molecule has 1 aromatic carbocycles. The van der Waals surface area contributed by atoms with E-state index in [1.807, 2.05) is 12.1 Å². The summed E-state index contributed by atoms with van der Waals surface area (Å²) in [6.07, 6.45) is 2.37. The number of hydrogen-bond donors (Lipinski definition) is 2. The van der Waals surface area contributed by atoms with Crippen molar-refractivity contribution >= 4 is 33.4 Å². The molecule has 0 atom stereocenters. The molecular formula is C13H13ClN4O. The van der Waals surface area contributed by atoms with Gasteiger partial charge in [0.1, 0.15) is 5.52 Å². The van der Waals surface area contributed by atoms with Gasteiger partial charge in [-0.1, -0.05) is 11.6 Å². The SMILES string of the molecule is NCCCn1c(=O)c2c[nH]nc2c2cc(Cl)ccc21. The highest BCUT2D eigenvalue weighted by atomic mass is 35.5. The molecule has 0 amide bonds. The van der Waals surface area contributed by atoms with Gasteiger partial charge in [0.05, 0.1) is 10.9 Å². The summed E-state index contributed by atoms with van der Waals surface area (Å²) in [5.74, 6) is 0. The van der Waals surface area contributed by atoms with Gasteiger partial charge in [0.2, 0.25) is 0 Å². The Morgan fingerprint density at radius 2 is 2.21 bits per heavy atom. The Morgan fingerprint density at radius 1 is 1.37 bits per heavy atom. The van der Waals surface area contributed by atoms with Crippen LogP contribution in [-0.2, 0) is 6.54 Å². The third-order valence-corrected chi connectivity index (χ3v) is 3.44. The molecule has 6 heteroatoms. The molecule has 3 rings (SSSR count). The Bertz CT molecular complexity index is 805. The summed E-state index contributed by atoms with van der Waals surface area (Å²) < 4.78 is 1.73. The first-order valence-electron chi connectivity index (χ1n) is 6.08. The molecule has 0 fully saturated rings. The summed E-state index contributed by atoms with van der Waals surface area (Å²) >= 11 is 6.04. The van der Waals surface area contributed by atoms with Crippen LogP contribution in [0.1, 0.15) is 6.42 Å². The van der Waals surface area contributed by atoms with Gasteiger partial charge in [-0.05, 0) is 31.2 Å². The van der Waals surface area contributed by atoms with E-state index in [0.717, 1.165) is 17.3 Å². The van der Waals surface area contributed by atoms with Crippen molar-refractivity contribution in [3.8, 4) is 0 Å². The maximum Gasteiger partial charge on any atom is 0.262 e. The molecular weight excluding hydrogens is 264 g/mol. The average Bonchev–Trinajstić information content (AvgIpc) is 2.89. The van der Waals surface area contributed by atoms with E-state index in [0.29, 0.717) is 29.0 Å². The maximum absolute atomic E-state index is 12.4. The predicted octanol–water partition coefficient (Wildman–Crippen LogP) is 1.88. The Hall–Kier alpha value is -1.85. The van der Waals surface area contributed by atoms with Crippen molar-refractivity contribution in [2.45, 2.75) is 13.0 Å². The third kappa shape index (κ3) is 1.91. The highest BCUT2D eigenvalue weighted by Gasteiger charge is 2.12. The molecule has 0 aliphatic carbocycles. The van der Waals surface area contributed by atoms with E-state index in [9.17, 15) is 4.79 Å². The number of fused-ring (bicyclic) bond motifs is 3. The van der Waals surface area contributed by atoms with Gasteiger partial charge in [-0.3, -0.25) is 9.89 Å². The van der Waals surface area contributed by atoms with Gasteiger partial charge >= 0.3 is 0 Å². The molecule has 3 aromatic rings. The van der Waals surface area contributed by atoms with Crippen molar-refractivity contribution in [2.75, 3.05) is 6.54 Å². The van der Waals surface area contributed by atoms with Crippen molar-refractivity contribution in [1.29, 1.82) is 0 Å². The summed E-state index contributed by atoms with van der Waals surface area (Å²) in [7, 11) is 0. The van der Waals surface area contributed by atoms with E-state index in [1.165, 1.54) is 0 Å². The van der Waals surface area contributed by atoms with Crippen molar-refractivity contribution in [3.05, 3.63) is 39.8 Å². The molecule has 5 nitrogen and oxygen atoms in total. The zero-order chi connectivity index (χ0) is 13.4. The van der Waals surface area contributed by atoms with Crippen LogP contribution in [0.2, 0.25) is 5.02 Å². The van der Waals surface area contributed by atoms with Crippen LogP contribution < -0.4 is 11.3 Å². The first-order valence-corrected chi connectivity index (χ1v) is 6.46. The Morgan fingerprint density at radius 3 is 3.00 bits per heavy atom. The lowest BCUT2D eigenvalue weighted by Crippen LogP contribution is -2.22. The molecule has 0 bridgehead atoms.